The number of nitrogens with zero attached hydrogens (tertiary/aromatic N) is 2. The summed E-state index contributed by atoms with van der Waals surface area (Å²) >= 11 is 0. The van der Waals surface area contributed by atoms with E-state index in [4.69, 9.17) is 11.1 Å². The molecule has 2 aromatic rings. The highest BCUT2D eigenvalue weighted by molar-refractivity contribution is 6.02. The van der Waals surface area contributed by atoms with E-state index in [-0.39, 0.29) is 18.3 Å². The maximum atomic E-state index is 13.4. The molecular weight excluding hydrogens is 516 g/mol. The van der Waals surface area contributed by atoms with Gasteiger partial charge >= 0.3 is 5.97 Å². The number of nitrogens with two attached hydrogens (primary N) is 3. The molecule has 1 amide bonds. The Labute approximate surface area is 244 Å². The summed E-state index contributed by atoms with van der Waals surface area (Å²) in [4.78, 5) is 30.0. The monoisotopic (exact) mass is 564 g/mol. The van der Waals surface area contributed by atoms with Crippen LogP contribution in [0.4, 0.5) is 5.69 Å². The summed E-state index contributed by atoms with van der Waals surface area (Å²) in [7, 11) is 0. The molecule has 9 nitrogen and oxygen atoms in total. The number of amides is 1. The van der Waals surface area contributed by atoms with Crippen LogP contribution in [-0.4, -0.2) is 46.3 Å². The minimum atomic E-state index is -1.14. The lowest BCUT2D eigenvalue weighted by Crippen LogP contribution is -2.57. The molecule has 1 aliphatic heterocycles. The van der Waals surface area contributed by atoms with Crippen molar-refractivity contribution in [2.24, 2.45) is 23.3 Å². The molecule has 1 saturated carbocycles. The second-order valence-corrected chi connectivity index (χ2v) is 11.5. The molecule has 1 saturated heterocycles. The number of carboxylic acids is 1. The first-order chi connectivity index (χ1) is 19.7. The number of unbranched alkanes of at least 4 members (excludes halogenated alkanes) is 1. The first kappa shape index (κ1) is 32.1. The van der Waals surface area contributed by atoms with Gasteiger partial charge in [-0.15, -0.1) is 0 Å². The summed E-state index contributed by atoms with van der Waals surface area (Å²) in [5, 5.41) is 18.5. The molecule has 1 atom stereocenters. The lowest BCUT2D eigenvalue weighted by atomic mass is 9.79. The number of carbonyl (C=O) groups is 2. The summed E-state index contributed by atoms with van der Waals surface area (Å²) < 4.78 is 0. The normalized spacial score (nSPS) is 18.1. The standard InChI is InChI=1S/C32H44N4O3.H4N2/c1-3-4-10-29(37)36(32(31(38)39)17-6-5-7-18-32)22-24-11-13-25(14-12-24)28-20-26(15-16-27(28)30(33)34)35-19-8-9-23(2)21-35;1-2/h11-16,20,23H,3-10,17-19,21-22H2,1-2H3,(H3,33,34)(H,38,39);1-2H2. The fourth-order valence-electron chi connectivity index (χ4n) is 6.28. The van der Waals surface area contributed by atoms with Crippen LogP contribution in [0.25, 0.3) is 11.1 Å². The first-order valence-corrected chi connectivity index (χ1v) is 14.9. The second-order valence-electron chi connectivity index (χ2n) is 11.5. The molecule has 0 radical (unpaired) electrons. The molecule has 4 rings (SSSR count). The third-order valence-corrected chi connectivity index (χ3v) is 8.56. The van der Waals surface area contributed by atoms with E-state index >= 15 is 0 Å². The summed E-state index contributed by atoms with van der Waals surface area (Å²) in [5.74, 6) is 7.71. The van der Waals surface area contributed by atoms with Gasteiger partial charge in [0.25, 0.3) is 0 Å². The first-order valence-electron chi connectivity index (χ1n) is 14.9. The van der Waals surface area contributed by atoms with E-state index in [1.54, 1.807) is 4.90 Å². The van der Waals surface area contributed by atoms with Crippen molar-refractivity contribution >= 4 is 23.4 Å². The zero-order valence-corrected chi connectivity index (χ0v) is 24.7. The van der Waals surface area contributed by atoms with Crippen molar-refractivity contribution in [1.29, 1.82) is 5.41 Å². The van der Waals surface area contributed by atoms with E-state index in [1.807, 2.05) is 37.3 Å². The largest absolute Gasteiger partial charge is 0.479 e. The van der Waals surface area contributed by atoms with Gasteiger partial charge in [-0.05, 0) is 72.9 Å². The Morgan fingerprint density at radius 2 is 1.76 bits per heavy atom. The SMILES string of the molecule is CCCCC(=O)N(Cc1ccc(-c2cc(N3CCCC(C)C3)ccc2C(=N)N)cc1)C1(C(=O)O)CCCCC1.NN. The Hall–Kier alpha value is -3.43. The lowest BCUT2D eigenvalue weighted by Gasteiger charge is -2.43. The van der Waals surface area contributed by atoms with E-state index < -0.39 is 11.5 Å². The molecule has 0 bridgehead atoms. The van der Waals surface area contributed by atoms with Crippen molar-refractivity contribution in [2.75, 3.05) is 18.0 Å². The molecule has 8 N–H and O–H groups in total. The van der Waals surface area contributed by atoms with Crippen molar-refractivity contribution in [2.45, 2.75) is 90.1 Å². The molecule has 2 aliphatic rings. The second kappa shape index (κ2) is 15.0. The molecule has 2 fully saturated rings. The topological polar surface area (TPSA) is 163 Å². The van der Waals surface area contributed by atoms with Crippen molar-refractivity contribution in [3.05, 3.63) is 53.6 Å². The average molecular weight is 565 g/mol. The lowest BCUT2D eigenvalue weighted by molar-refractivity contribution is -0.163. The quantitative estimate of drug-likeness (QED) is 0.117. The van der Waals surface area contributed by atoms with Gasteiger partial charge in [0.15, 0.2) is 0 Å². The summed E-state index contributed by atoms with van der Waals surface area (Å²) in [5.41, 5.74) is 9.43. The number of nitrogens with one attached hydrogen (secondary N) is 1. The Morgan fingerprint density at radius 3 is 2.34 bits per heavy atom. The van der Waals surface area contributed by atoms with Gasteiger partial charge in [-0.3, -0.25) is 21.9 Å². The Balaban J connectivity index is 0.00000226. The van der Waals surface area contributed by atoms with E-state index in [9.17, 15) is 14.7 Å². The molecule has 9 heteroatoms. The highest BCUT2D eigenvalue weighted by atomic mass is 16.4. The van der Waals surface area contributed by atoms with E-state index in [1.165, 1.54) is 12.8 Å². The predicted octanol–water partition coefficient (Wildman–Crippen LogP) is 5.00. The van der Waals surface area contributed by atoms with E-state index in [0.29, 0.717) is 30.7 Å². The van der Waals surface area contributed by atoms with Gasteiger partial charge in [-0.25, -0.2) is 4.79 Å². The predicted molar refractivity (Wildman–Crippen MR) is 165 cm³/mol. The minimum absolute atomic E-state index is 0.0287. The number of piperidine rings is 1. The number of benzene rings is 2. The summed E-state index contributed by atoms with van der Waals surface area (Å²) in [6, 6.07) is 14.1. The molecule has 1 unspecified atom stereocenters. The summed E-state index contributed by atoms with van der Waals surface area (Å²) in [6.45, 7) is 6.65. The number of anilines is 1. The van der Waals surface area contributed by atoms with E-state index in [0.717, 1.165) is 67.6 Å². The number of hydrazine groups is 1. The number of aliphatic carboxylic acids is 1. The van der Waals surface area contributed by atoms with Crippen molar-refractivity contribution in [1.82, 2.24) is 4.90 Å². The van der Waals surface area contributed by atoms with Crippen molar-refractivity contribution in [3.63, 3.8) is 0 Å². The van der Waals surface area contributed by atoms with Crippen LogP contribution >= 0.6 is 0 Å². The van der Waals surface area contributed by atoms with Crippen LogP contribution in [0.3, 0.4) is 0 Å². The third-order valence-electron chi connectivity index (χ3n) is 8.56. The molecular formula is C32H48N6O3. The van der Waals surface area contributed by atoms with Crippen LogP contribution in [0.5, 0.6) is 0 Å². The maximum Gasteiger partial charge on any atom is 0.329 e. The Bertz CT molecular complexity index is 1180. The molecule has 1 heterocycles. The molecule has 1 aliphatic carbocycles. The van der Waals surface area contributed by atoms with Crippen molar-refractivity contribution < 1.29 is 14.7 Å². The number of nitrogen functional groups attached to an aromatic ring is 1. The molecule has 0 spiro atoms. The van der Waals surface area contributed by atoms with Gasteiger partial charge in [0.1, 0.15) is 11.4 Å². The van der Waals surface area contributed by atoms with Crippen LogP contribution in [0.2, 0.25) is 0 Å². The van der Waals surface area contributed by atoms with Crippen LogP contribution < -0.4 is 22.3 Å². The third kappa shape index (κ3) is 7.65. The van der Waals surface area contributed by atoms with Gasteiger partial charge in [0.05, 0.1) is 0 Å². The molecule has 0 aromatic heterocycles. The average Bonchev–Trinajstić information content (AvgIpc) is 3.00. The number of amidine groups is 1. The highest BCUT2D eigenvalue weighted by Gasteiger charge is 2.46. The number of hydrogen-bond acceptors (Lipinski definition) is 6. The smallest absolute Gasteiger partial charge is 0.329 e. The molecule has 41 heavy (non-hydrogen) atoms. The van der Waals surface area contributed by atoms with Gasteiger partial charge < -0.3 is 20.6 Å². The fraction of sp³-hybridized carbons (Fsp3) is 0.531. The Morgan fingerprint density at radius 1 is 1.07 bits per heavy atom. The number of rotatable bonds is 10. The van der Waals surface area contributed by atoms with Crippen LogP contribution in [0, 0.1) is 11.3 Å². The van der Waals surface area contributed by atoms with Gasteiger partial charge in [-0.1, -0.05) is 63.8 Å². The van der Waals surface area contributed by atoms with Crippen LogP contribution in [-0.2, 0) is 16.1 Å². The van der Waals surface area contributed by atoms with E-state index in [2.05, 4.69) is 35.6 Å². The zero-order valence-electron chi connectivity index (χ0n) is 24.7. The van der Waals surface area contributed by atoms with Gasteiger partial charge in [-0.2, -0.15) is 0 Å². The highest BCUT2D eigenvalue weighted by Crippen LogP contribution is 2.37. The van der Waals surface area contributed by atoms with Gasteiger partial charge in [0.2, 0.25) is 5.91 Å². The summed E-state index contributed by atoms with van der Waals surface area (Å²) in [6.07, 6.45) is 8.09. The number of carbonyl (C=O) groups excluding carboxylic acids is 1. The zero-order chi connectivity index (χ0) is 30.0. The minimum Gasteiger partial charge on any atom is -0.479 e. The van der Waals surface area contributed by atoms with Crippen molar-refractivity contribution in [3.8, 4) is 11.1 Å². The number of hydrogen-bond donors (Lipinski definition) is 5. The number of carboxylic acid groups (broad SMARTS) is 1. The maximum absolute atomic E-state index is 13.4. The van der Waals surface area contributed by atoms with Crippen LogP contribution in [0.1, 0.15) is 89.2 Å². The fourth-order valence-corrected chi connectivity index (χ4v) is 6.28. The Kier molecular flexibility index (Phi) is 11.7. The van der Waals surface area contributed by atoms with Crippen LogP contribution in [0.15, 0.2) is 42.5 Å². The molecule has 2 aromatic carbocycles. The molecule has 224 valence electrons. The van der Waals surface area contributed by atoms with Gasteiger partial charge in [0, 0.05) is 37.3 Å².